The number of aromatic nitrogens is 3. The summed E-state index contributed by atoms with van der Waals surface area (Å²) < 4.78 is 12.8. The second-order valence-electron chi connectivity index (χ2n) is 6.07. The summed E-state index contributed by atoms with van der Waals surface area (Å²) in [6, 6.07) is 5.45. The fourth-order valence-corrected chi connectivity index (χ4v) is 3.53. The molecule has 0 saturated heterocycles. The van der Waals surface area contributed by atoms with Crippen molar-refractivity contribution in [1.29, 1.82) is 0 Å². The Labute approximate surface area is 145 Å². The molecule has 7 nitrogen and oxygen atoms in total. The van der Waals surface area contributed by atoms with Gasteiger partial charge in [0.25, 0.3) is 0 Å². The highest BCUT2D eigenvalue weighted by Gasteiger charge is 2.36. The Hall–Kier alpha value is -2.83. The van der Waals surface area contributed by atoms with Gasteiger partial charge in [-0.05, 0) is 37.5 Å². The zero-order valence-electron chi connectivity index (χ0n) is 14.3. The fraction of sp³-hybridized carbons (Fsp3) is 0.389. The van der Waals surface area contributed by atoms with E-state index in [-0.39, 0.29) is 11.8 Å². The third-order valence-corrected chi connectivity index (χ3v) is 4.61. The normalized spacial score (nSPS) is 19.1. The second kappa shape index (κ2) is 6.23. The Morgan fingerprint density at radius 2 is 2.20 bits per heavy atom. The zero-order chi connectivity index (χ0) is 17.4. The lowest BCUT2D eigenvalue weighted by atomic mass is 9.85. The molecule has 0 fully saturated rings. The molecule has 1 aliphatic heterocycles. The zero-order valence-corrected chi connectivity index (χ0v) is 14.3. The highest BCUT2D eigenvalue weighted by atomic mass is 16.5. The molecule has 0 unspecified atom stereocenters. The molecule has 2 aromatic rings. The van der Waals surface area contributed by atoms with E-state index >= 15 is 0 Å². The maximum atomic E-state index is 12.7. The maximum absolute atomic E-state index is 12.7. The summed E-state index contributed by atoms with van der Waals surface area (Å²) in [6.45, 7) is 2.49. The van der Waals surface area contributed by atoms with Crippen LogP contribution in [-0.2, 0) is 4.79 Å². The number of nitrogens with zero attached hydrogens (tertiary/aromatic N) is 3. The number of Topliss-reactive ketones (excluding diaryl/α,β-unsaturated/α-hetero) is 1. The summed E-state index contributed by atoms with van der Waals surface area (Å²) in [4.78, 5) is 16.9. The van der Waals surface area contributed by atoms with Crippen LogP contribution >= 0.6 is 0 Å². The molecule has 7 heteroatoms. The quantitative estimate of drug-likeness (QED) is 0.922. The molecule has 2 aliphatic rings. The van der Waals surface area contributed by atoms with Crippen LogP contribution in [-0.4, -0.2) is 34.3 Å². The van der Waals surface area contributed by atoms with E-state index in [1.165, 1.54) is 6.33 Å². The molecular weight excluding hydrogens is 320 g/mol. The number of nitrogens with one attached hydrogen (secondary N) is 1. The van der Waals surface area contributed by atoms with Gasteiger partial charge in [-0.2, -0.15) is 10.1 Å². The summed E-state index contributed by atoms with van der Waals surface area (Å²) >= 11 is 0. The number of allylic oxidation sites excluding steroid dienone is 2. The van der Waals surface area contributed by atoms with Crippen LogP contribution in [0.4, 0.5) is 5.95 Å². The first kappa shape index (κ1) is 15.7. The number of benzene rings is 1. The first-order chi connectivity index (χ1) is 12.2. The molecule has 1 atom stereocenters. The lowest BCUT2D eigenvalue weighted by Crippen LogP contribution is -2.31. The van der Waals surface area contributed by atoms with Crippen molar-refractivity contribution < 1.29 is 14.3 Å². The van der Waals surface area contributed by atoms with E-state index in [1.54, 1.807) is 11.8 Å². The van der Waals surface area contributed by atoms with Gasteiger partial charge in [0.2, 0.25) is 5.95 Å². The van der Waals surface area contributed by atoms with Crippen molar-refractivity contribution in [2.24, 2.45) is 0 Å². The maximum Gasteiger partial charge on any atom is 0.226 e. The summed E-state index contributed by atoms with van der Waals surface area (Å²) in [6.07, 6.45) is 3.77. The van der Waals surface area contributed by atoms with Crippen molar-refractivity contribution in [3.8, 4) is 11.5 Å². The van der Waals surface area contributed by atoms with Crippen molar-refractivity contribution >= 4 is 11.7 Å². The smallest absolute Gasteiger partial charge is 0.226 e. The minimum Gasteiger partial charge on any atom is -0.493 e. The van der Waals surface area contributed by atoms with Crippen LogP contribution in [0.1, 0.15) is 37.8 Å². The highest BCUT2D eigenvalue weighted by molar-refractivity contribution is 5.99. The SMILES string of the molecule is CCOc1ccc([C@H]2C3=C(CCCC3=O)Nc3ncnn32)cc1OC. The number of methoxy groups -OCH3 is 1. The molecule has 1 aromatic carbocycles. The van der Waals surface area contributed by atoms with Gasteiger partial charge in [0.05, 0.1) is 13.7 Å². The summed E-state index contributed by atoms with van der Waals surface area (Å²) in [7, 11) is 1.61. The van der Waals surface area contributed by atoms with Crippen LogP contribution in [0.3, 0.4) is 0 Å². The third kappa shape index (κ3) is 2.56. The number of carbonyl (C=O) groups excluding carboxylic acids is 1. The van der Waals surface area contributed by atoms with Gasteiger partial charge in [-0.15, -0.1) is 0 Å². The van der Waals surface area contributed by atoms with Gasteiger partial charge >= 0.3 is 0 Å². The number of hydrogen-bond acceptors (Lipinski definition) is 6. The molecule has 0 amide bonds. The van der Waals surface area contributed by atoms with E-state index < -0.39 is 0 Å². The van der Waals surface area contributed by atoms with Crippen molar-refractivity contribution in [3.63, 3.8) is 0 Å². The lowest BCUT2D eigenvalue weighted by Gasteiger charge is -2.32. The van der Waals surface area contributed by atoms with Crippen molar-refractivity contribution in [1.82, 2.24) is 14.8 Å². The molecule has 1 aromatic heterocycles. The second-order valence-corrected chi connectivity index (χ2v) is 6.07. The van der Waals surface area contributed by atoms with E-state index in [9.17, 15) is 4.79 Å². The predicted molar refractivity (Wildman–Crippen MR) is 91.8 cm³/mol. The Kier molecular flexibility index (Phi) is 3.91. The van der Waals surface area contributed by atoms with Gasteiger partial charge in [-0.25, -0.2) is 4.68 Å². The van der Waals surface area contributed by atoms with Crippen LogP contribution in [0.5, 0.6) is 11.5 Å². The van der Waals surface area contributed by atoms with Gasteiger partial charge in [0, 0.05) is 17.7 Å². The van der Waals surface area contributed by atoms with Crippen LogP contribution in [0.15, 0.2) is 35.8 Å². The van der Waals surface area contributed by atoms with E-state index in [2.05, 4.69) is 15.4 Å². The fourth-order valence-electron chi connectivity index (χ4n) is 3.53. The number of hydrogen-bond donors (Lipinski definition) is 1. The number of ether oxygens (including phenoxy) is 2. The van der Waals surface area contributed by atoms with E-state index in [0.29, 0.717) is 30.5 Å². The van der Waals surface area contributed by atoms with Crippen LogP contribution in [0.25, 0.3) is 0 Å². The first-order valence-corrected chi connectivity index (χ1v) is 8.46. The minimum atomic E-state index is -0.300. The third-order valence-electron chi connectivity index (χ3n) is 4.61. The number of ketones is 1. The van der Waals surface area contributed by atoms with Crippen molar-refractivity contribution in [3.05, 3.63) is 41.4 Å². The van der Waals surface area contributed by atoms with E-state index in [4.69, 9.17) is 9.47 Å². The number of fused-ring (bicyclic) bond motifs is 1. The minimum absolute atomic E-state index is 0.160. The highest BCUT2D eigenvalue weighted by Crippen LogP contribution is 2.41. The molecule has 4 rings (SSSR count). The Morgan fingerprint density at radius 3 is 3.00 bits per heavy atom. The first-order valence-electron chi connectivity index (χ1n) is 8.46. The molecular formula is C18H20N4O3. The van der Waals surface area contributed by atoms with Crippen LogP contribution < -0.4 is 14.8 Å². The average Bonchev–Trinajstić information content (AvgIpc) is 3.09. The Bertz CT molecular complexity index is 856. The van der Waals surface area contributed by atoms with E-state index in [0.717, 1.165) is 29.7 Å². The average molecular weight is 340 g/mol. The molecule has 1 N–H and O–H groups in total. The molecule has 0 bridgehead atoms. The van der Waals surface area contributed by atoms with Crippen molar-refractivity contribution in [2.45, 2.75) is 32.2 Å². The summed E-state index contributed by atoms with van der Waals surface area (Å²) in [5.41, 5.74) is 2.65. The molecule has 130 valence electrons. The predicted octanol–water partition coefficient (Wildman–Crippen LogP) is 2.71. The van der Waals surface area contributed by atoms with Crippen LogP contribution in [0, 0.1) is 0 Å². The van der Waals surface area contributed by atoms with Gasteiger partial charge < -0.3 is 14.8 Å². The number of anilines is 1. The Balaban J connectivity index is 1.85. The van der Waals surface area contributed by atoms with Crippen LogP contribution in [0.2, 0.25) is 0 Å². The van der Waals surface area contributed by atoms with E-state index in [1.807, 2.05) is 25.1 Å². The molecule has 0 saturated carbocycles. The number of rotatable bonds is 4. The Morgan fingerprint density at radius 1 is 1.32 bits per heavy atom. The summed E-state index contributed by atoms with van der Waals surface area (Å²) in [5.74, 6) is 2.15. The monoisotopic (exact) mass is 340 g/mol. The lowest BCUT2D eigenvalue weighted by molar-refractivity contribution is -0.116. The molecule has 0 spiro atoms. The molecule has 0 radical (unpaired) electrons. The largest absolute Gasteiger partial charge is 0.493 e. The van der Waals surface area contributed by atoms with Gasteiger partial charge in [0.1, 0.15) is 12.4 Å². The number of carbonyl (C=O) groups is 1. The molecule has 25 heavy (non-hydrogen) atoms. The standard InChI is InChI=1S/C18H20N4O3/c1-3-25-14-8-7-11(9-15(14)24-2)17-16-12(5-4-6-13(16)23)21-18-19-10-20-22(17)18/h7-10,17H,3-6H2,1-2H3,(H,19,20,21)/t17-/m0/s1. The molecule has 2 heterocycles. The van der Waals surface area contributed by atoms with Gasteiger partial charge in [-0.1, -0.05) is 6.07 Å². The van der Waals surface area contributed by atoms with Crippen molar-refractivity contribution in [2.75, 3.05) is 19.0 Å². The van der Waals surface area contributed by atoms with Gasteiger partial charge in [-0.3, -0.25) is 4.79 Å². The molecule has 1 aliphatic carbocycles. The summed E-state index contributed by atoms with van der Waals surface area (Å²) in [5, 5.41) is 7.60. The topological polar surface area (TPSA) is 78.3 Å². The van der Waals surface area contributed by atoms with Gasteiger partial charge in [0.15, 0.2) is 17.3 Å².